The minimum atomic E-state index is -0.395. The third-order valence-corrected chi connectivity index (χ3v) is 7.06. The van der Waals surface area contributed by atoms with Crippen LogP contribution >= 0.6 is 0 Å². The number of fused-ring (bicyclic) bond motifs is 3. The molecule has 3 atom stereocenters. The third kappa shape index (κ3) is 4.24. The van der Waals surface area contributed by atoms with Crippen LogP contribution in [0, 0.1) is 5.92 Å². The van der Waals surface area contributed by atoms with Crippen molar-refractivity contribution in [3.63, 3.8) is 0 Å². The van der Waals surface area contributed by atoms with Gasteiger partial charge < -0.3 is 19.7 Å². The number of methoxy groups -OCH3 is 1. The van der Waals surface area contributed by atoms with Crippen molar-refractivity contribution < 1.29 is 19.1 Å². The number of para-hydroxylation sites is 2. The van der Waals surface area contributed by atoms with Gasteiger partial charge in [-0.3, -0.25) is 9.59 Å². The zero-order valence-electron chi connectivity index (χ0n) is 20.7. The Morgan fingerprint density at radius 3 is 2.56 bits per heavy atom. The summed E-state index contributed by atoms with van der Waals surface area (Å²) in [6.45, 7) is 3.93. The molecule has 0 fully saturated rings. The second-order valence-electron chi connectivity index (χ2n) is 9.13. The van der Waals surface area contributed by atoms with Crippen LogP contribution in [0.25, 0.3) is 0 Å². The number of amides is 1. The molecule has 36 heavy (non-hydrogen) atoms. The lowest BCUT2D eigenvalue weighted by molar-refractivity contribution is -0.132. The van der Waals surface area contributed by atoms with Gasteiger partial charge in [0.05, 0.1) is 24.4 Å². The number of hydrogen-bond donors (Lipinski definition) is 1. The van der Waals surface area contributed by atoms with Crippen LogP contribution in [0.2, 0.25) is 0 Å². The predicted molar refractivity (Wildman–Crippen MR) is 141 cm³/mol. The predicted octanol–water partition coefficient (Wildman–Crippen LogP) is 6.11. The summed E-state index contributed by atoms with van der Waals surface area (Å²) in [6.07, 6.45) is 5.41. The molecule has 0 radical (unpaired) electrons. The van der Waals surface area contributed by atoms with Crippen molar-refractivity contribution in [2.75, 3.05) is 23.9 Å². The molecule has 0 aromatic heterocycles. The van der Waals surface area contributed by atoms with Gasteiger partial charge in [-0.25, -0.2) is 0 Å². The minimum absolute atomic E-state index is 0.0324. The fourth-order valence-corrected chi connectivity index (χ4v) is 5.44. The van der Waals surface area contributed by atoms with E-state index in [2.05, 4.69) is 23.5 Å². The van der Waals surface area contributed by atoms with Gasteiger partial charge in [0.1, 0.15) is 0 Å². The normalized spacial score (nSPS) is 19.6. The molecule has 1 aliphatic carbocycles. The summed E-state index contributed by atoms with van der Waals surface area (Å²) < 4.78 is 10.8. The highest BCUT2D eigenvalue weighted by Gasteiger charge is 2.40. The van der Waals surface area contributed by atoms with Crippen LogP contribution in [0.1, 0.15) is 53.7 Å². The molecule has 1 amide bonds. The van der Waals surface area contributed by atoms with Crippen molar-refractivity contribution >= 4 is 23.3 Å². The van der Waals surface area contributed by atoms with Crippen molar-refractivity contribution in [1.29, 1.82) is 0 Å². The second kappa shape index (κ2) is 9.90. The van der Waals surface area contributed by atoms with Gasteiger partial charge in [0.25, 0.3) is 5.91 Å². The number of nitrogens with zero attached hydrogens (tertiary/aromatic N) is 1. The first-order chi connectivity index (χ1) is 17.5. The Morgan fingerprint density at radius 2 is 1.83 bits per heavy atom. The molecule has 1 N–H and O–H groups in total. The van der Waals surface area contributed by atoms with E-state index in [1.165, 1.54) is 6.92 Å². The second-order valence-corrected chi connectivity index (χ2v) is 9.13. The van der Waals surface area contributed by atoms with Crippen molar-refractivity contribution in [2.24, 2.45) is 5.92 Å². The van der Waals surface area contributed by atoms with E-state index in [-0.39, 0.29) is 17.9 Å². The summed E-state index contributed by atoms with van der Waals surface area (Å²) in [6, 6.07) is 21.4. The third-order valence-electron chi connectivity index (χ3n) is 7.06. The van der Waals surface area contributed by atoms with E-state index in [9.17, 15) is 9.59 Å². The molecule has 184 valence electrons. The average molecular weight is 483 g/mol. The molecule has 3 unspecified atom stereocenters. The Hall–Kier alpha value is -4.06. The van der Waals surface area contributed by atoms with E-state index in [0.717, 1.165) is 28.9 Å². The zero-order valence-corrected chi connectivity index (χ0v) is 20.7. The van der Waals surface area contributed by atoms with Crippen LogP contribution in [-0.2, 0) is 4.79 Å². The van der Waals surface area contributed by atoms with Crippen LogP contribution in [0.3, 0.4) is 0 Å². The number of esters is 1. The number of benzene rings is 3. The molecular formula is C30H30N2O4. The Balaban J connectivity index is 1.55. The Morgan fingerprint density at radius 1 is 1.03 bits per heavy atom. The summed E-state index contributed by atoms with van der Waals surface area (Å²) in [5.74, 6) is 0.961. The molecule has 0 spiro atoms. The Kier molecular flexibility index (Phi) is 6.51. The molecule has 6 heteroatoms. The van der Waals surface area contributed by atoms with Gasteiger partial charge in [0.2, 0.25) is 0 Å². The molecule has 0 saturated carbocycles. The first-order valence-corrected chi connectivity index (χ1v) is 12.3. The first-order valence-electron chi connectivity index (χ1n) is 12.3. The maximum atomic E-state index is 13.8. The maximum Gasteiger partial charge on any atom is 0.308 e. The van der Waals surface area contributed by atoms with Crippen LogP contribution in [0.15, 0.2) is 78.9 Å². The van der Waals surface area contributed by atoms with E-state index >= 15 is 0 Å². The Labute approximate surface area is 211 Å². The van der Waals surface area contributed by atoms with Gasteiger partial charge in [-0.15, -0.1) is 0 Å². The van der Waals surface area contributed by atoms with Crippen LogP contribution < -0.4 is 19.7 Å². The first kappa shape index (κ1) is 23.7. The van der Waals surface area contributed by atoms with Crippen LogP contribution in [0.5, 0.6) is 11.5 Å². The molecule has 2 aliphatic rings. The van der Waals surface area contributed by atoms with E-state index in [4.69, 9.17) is 9.47 Å². The van der Waals surface area contributed by atoms with Crippen molar-refractivity contribution in [1.82, 2.24) is 0 Å². The lowest BCUT2D eigenvalue weighted by Crippen LogP contribution is -2.34. The maximum absolute atomic E-state index is 13.8. The number of allylic oxidation sites excluding steroid dienone is 2. The standard InChI is InChI=1S/C30H30N2O4/c1-4-32(21-10-6-5-7-11-21)30(34)25-15-9-14-24-22-12-8-13-23(22)28(31-29(24)25)20-16-17-26(36-19(2)33)27(18-20)35-3/h5-12,14-18,22-23,28,31H,4,13H2,1-3H3. The number of carbonyl (C=O) groups is 2. The van der Waals surface area contributed by atoms with Crippen molar-refractivity contribution in [3.8, 4) is 11.5 Å². The smallest absolute Gasteiger partial charge is 0.308 e. The number of hydrogen-bond acceptors (Lipinski definition) is 5. The summed E-state index contributed by atoms with van der Waals surface area (Å²) >= 11 is 0. The number of ether oxygens (including phenoxy) is 2. The zero-order chi connectivity index (χ0) is 25.2. The van der Waals surface area contributed by atoms with Gasteiger partial charge >= 0.3 is 5.97 Å². The monoisotopic (exact) mass is 482 g/mol. The summed E-state index contributed by atoms with van der Waals surface area (Å²) in [5.41, 5.74) is 4.57. The van der Waals surface area contributed by atoms with E-state index in [1.54, 1.807) is 18.1 Å². The molecule has 5 rings (SSSR count). The molecule has 0 bridgehead atoms. The summed E-state index contributed by atoms with van der Waals surface area (Å²) in [5, 5.41) is 3.73. The molecular weight excluding hydrogens is 452 g/mol. The highest BCUT2D eigenvalue weighted by atomic mass is 16.6. The van der Waals surface area contributed by atoms with Crippen molar-refractivity contribution in [3.05, 3.63) is 95.6 Å². The van der Waals surface area contributed by atoms with Gasteiger partial charge in [0.15, 0.2) is 11.5 Å². The van der Waals surface area contributed by atoms with Gasteiger partial charge in [-0.05, 0) is 60.7 Å². The molecule has 1 heterocycles. The highest BCUT2D eigenvalue weighted by Crippen LogP contribution is 2.51. The molecule has 1 aliphatic heterocycles. The SMILES string of the molecule is CCN(C(=O)c1cccc2c1NC(c1ccc(OC(C)=O)c(OC)c1)C1CC=CC21)c1ccccc1. The van der Waals surface area contributed by atoms with Crippen LogP contribution in [0.4, 0.5) is 11.4 Å². The molecule has 6 nitrogen and oxygen atoms in total. The topological polar surface area (TPSA) is 67.9 Å². The van der Waals surface area contributed by atoms with E-state index < -0.39 is 5.97 Å². The molecule has 3 aromatic carbocycles. The number of nitrogens with one attached hydrogen (secondary N) is 1. The van der Waals surface area contributed by atoms with Crippen LogP contribution in [-0.4, -0.2) is 25.5 Å². The van der Waals surface area contributed by atoms with E-state index in [1.807, 2.05) is 61.5 Å². The number of rotatable bonds is 6. The fraction of sp³-hybridized carbons (Fsp3) is 0.267. The lowest BCUT2D eigenvalue weighted by atomic mass is 9.76. The number of carbonyl (C=O) groups excluding carboxylic acids is 2. The quantitative estimate of drug-likeness (QED) is 0.261. The lowest BCUT2D eigenvalue weighted by Gasteiger charge is -2.39. The van der Waals surface area contributed by atoms with Crippen molar-refractivity contribution in [2.45, 2.75) is 32.2 Å². The average Bonchev–Trinajstić information content (AvgIpc) is 3.39. The van der Waals surface area contributed by atoms with Gasteiger partial charge in [0, 0.05) is 25.1 Å². The highest BCUT2D eigenvalue weighted by molar-refractivity contribution is 6.10. The van der Waals surface area contributed by atoms with Gasteiger partial charge in [-0.2, -0.15) is 0 Å². The van der Waals surface area contributed by atoms with Gasteiger partial charge in [-0.1, -0.05) is 48.6 Å². The number of anilines is 2. The van der Waals surface area contributed by atoms with E-state index in [0.29, 0.717) is 29.5 Å². The Bertz CT molecular complexity index is 1320. The molecule has 3 aromatic rings. The summed E-state index contributed by atoms with van der Waals surface area (Å²) in [7, 11) is 1.56. The fourth-order valence-electron chi connectivity index (χ4n) is 5.44. The minimum Gasteiger partial charge on any atom is -0.493 e. The largest absolute Gasteiger partial charge is 0.493 e. The summed E-state index contributed by atoms with van der Waals surface area (Å²) in [4.78, 5) is 27.1. The molecule has 0 saturated heterocycles.